The van der Waals surface area contributed by atoms with E-state index in [0.717, 1.165) is 44.1 Å². The molecule has 0 unspecified atom stereocenters. The highest BCUT2D eigenvalue weighted by Gasteiger charge is 2.64. The molecule has 5 atom stereocenters. The number of fused-ring (bicyclic) bond motifs is 1. The molecule has 9 nitrogen and oxygen atoms in total. The van der Waals surface area contributed by atoms with E-state index < -0.39 is 29.3 Å². The second-order valence-corrected chi connectivity index (χ2v) is 12.5. The van der Waals surface area contributed by atoms with Gasteiger partial charge in [0.05, 0.1) is 29.2 Å². The fourth-order valence-electron chi connectivity index (χ4n) is 6.93. The van der Waals surface area contributed by atoms with Gasteiger partial charge in [-0.1, -0.05) is 25.0 Å². The van der Waals surface area contributed by atoms with E-state index in [1.807, 2.05) is 23.1 Å². The minimum absolute atomic E-state index is 0.0395. The number of alkyl carbamates (subject to hydrolysis) is 1. The number of hydrogen-bond donors (Lipinski definition) is 1. The van der Waals surface area contributed by atoms with E-state index in [4.69, 9.17) is 4.74 Å². The summed E-state index contributed by atoms with van der Waals surface area (Å²) in [5.41, 5.74) is 0.234. The summed E-state index contributed by atoms with van der Waals surface area (Å²) in [5.74, 6) is -0.867. The zero-order valence-corrected chi connectivity index (χ0v) is 23.0. The van der Waals surface area contributed by atoms with Crippen LogP contribution in [-0.2, 0) is 14.3 Å². The maximum atomic E-state index is 14.2. The van der Waals surface area contributed by atoms with Crippen LogP contribution in [-0.4, -0.2) is 63.5 Å². The number of nitriles is 2. The molecule has 1 saturated carbocycles. The van der Waals surface area contributed by atoms with Gasteiger partial charge in [0.1, 0.15) is 17.7 Å². The largest absolute Gasteiger partial charge is 0.444 e. The van der Waals surface area contributed by atoms with Crippen LogP contribution in [0.2, 0.25) is 0 Å². The van der Waals surface area contributed by atoms with Crippen LogP contribution in [0, 0.1) is 28.6 Å². The van der Waals surface area contributed by atoms with Gasteiger partial charge in [0.2, 0.25) is 11.8 Å². The van der Waals surface area contributed by atoms with E-state index >= 15 is 0 Å². The quantitative estimate of drug-likeness (QED) is 0.629. The third-order valence-electron chi connectivity index (χ3n) is 8.82. The average Bonchev–Trinajstić information content (AvgIpc) is 3.45. The molecular weight excluding hydrogens is 494 g/mol. The van der Waals surface area contributed by atoms with Gasteiger partial charge >= 0.3 is 6.09 Å². The lowest BCUT2D eigenvalue weighted by Gasteiger charge is -2.37. The number of amides is 3. The highest BCUT2D eigenvalue weighted by molar-refractivity contribution is 5.93. The molecule has 9 heteroatoms. The van der Waals surface area contributed by atoms with Crippen molar-refractivity contribution in [1.29, 1.82) is 10.5 Å². The van der Waals surface area contributed by atoms with Crippen molar-refractivity contribution in [2.45, 2.75) is 107 Å². The molecule has 0 bridgehead atoms. The average molecular weight is 532 g/mol. The van der Waals surface area contributed by atoms with E-state index in [-0.39, 0.29) is 29.7 Å². The van der Waals surface area contributed by atoms with Crippen molar-refractivity contribution < 1.29 is 19.1 Å². The SMILES string of the molecule is CC(C)(C)OC(=O)N[C@H]1CCCC[C@H]2CC[C@@H](C(=O)N3C[C@H](c4cccc(C#N)c4)[C@@H](C#N)C34CC4)N2C1=O. The molecular formula is C30H37N5O4. The zero-order valence-electron chi connectivity index (χ0n) is 23.0. The van der Waals surface area contributed by atoms with Crippen molar-refractivity contribution in [3.05, 3.63) is 35.4 Å². The molecule has 5 rings (SSSR count). The van der Waals surface area contributed by atoms with Crippen molar-refractivity contribution >= 4 is 17.9 Å². The highest BCUT2D eigenvalue weighted by atomic mass is 16.6. The second-order valence-electron chi connectivity index (χ2n) is 12.5. The fourth-order valence-corrected chi connectivity index (χ4v) is 6.93. The Balaban J connectivity index is 1.39. The summed E-state index contributed by atoms with van der Waals surface area (Å²) in [6.45, 7) is 5.73. The van der Waals surface area contributed by atoms with Gasteiger partial charge in [-0.2, -0.15) is 10.5 Å². The minimum atomic E-state index is -0.738. The molecule has 1 aromatic rings. The van der Waals surface area contributed by atoms with Crippen LogP contribution < -0.4 is 5.32 Å². The lowest BCUT2D eigenvalue weighted by Crippen LogP contribution is -2.58. The van der Waals surface area contributed by atoms with Gasteiger partial charge in [-0.3, -0.25) is 9.59 Å². The van der Waals surface area contributed by atoms with E-state index in [0.29, 0.717) is 24.9 Å². The summed E-state index contributed by atoms with van der Waals surface area (Å²) in [7, 11) is 0. The molecule has 1 N–H and O–H groups in total. The predicted molar refractivity (Wildman–Crippen MR) is 142 cm³/mol. The lowest BCUT2D eigenvalue weighted by molar-refractivity contribution is -0.148. The molecule has 3 heterocycles. The molecule has 0 radical (unpaired) electrons. The minimum Gasteiger partial charge on any atom is -0.444 e. The molecule has 3 amide bonds. The van der Waals surface area contributed by atoms with Gasteiger partial charge in [-0.25, -0.2) is 4.79 Å². The Morgan fingerprint density at radius 1 is 1.10 bits per heavy atom. The maximum absolute atomic E-state index is 14.2. The predicted octanol–water partition coefficient (Wildman–Crippen LogP) is 3.98. The Hall–Kier alpha value is -3.59. The van der Waals surface area contributed by atoms with E-state index in [9.17, 15) is 24.9 Å². The van der Waals surface area contributed by atoms with Crippen LogP contribution in [0.15, 0.2) is 24.3 Å². The Bertz CT molecular complexity index is 1240. The monoisotopic (exact) mass is 531 g/mol. The molecule has 1 aromatic carbocycles. The highest BCUT2D eigenvalue weighted by Crippen LogP contribution is 2.58. The second kappa shape index (κ2) is 10.2. The number of rotatable bonds is 3. The third-order valence-corrected chi connectivity index (χ3v) is 8.82. The molecule has 39 heavy (non-hydrogen) atoms. The molecule has 1 aliphatic carbocycles. The normalized spacial score (nSPS) is 29.6. The van der Waals surface area contributed by atoms with E-state index in [1.165, 1.54) is 0 Å². The third kappa shape index (κ3) is 5.07. The Morgan fingerprint density at radius 2 is 1.85 bits per heavy atom. The van der Waals surface area contributed by atoms with Crippen LogP contribution >= 0.6 is 0 Å². The van der Waals surface area contributed by atoms with E-state index in [2.05, 4.69) is 17.5 Å². The fraction of sp³-hybridized carbons (Fsp3) is 0.633. The van der Waals surface area contributed by atoms with Gasteiger partial charge < -0.3 is 19.9 Å². The van der Waals surface area contributed by atoms with Crippen LogP contribution in [0.3, 0.4) is 0 Å². The summed E-state index contributed by atoms with van der Waals surface area (Å²) in [6.07, 6.45) is 5.30. The number of nitrogens with one attached hydrogen (secondary N) is 1. The number of benzene rings is 1. The van der Waals surface area contributed by atoms with Gasteiger partial charge in [0, 0.05) is 18.5 Å². The molecule has 0 aromatic heterocycles. The first-order chi connectivity index (χ1) is 18.6. The summed E-state index contributed by atoms with van der Waals surface area (Å²) in [5, 5.41) is 22.3. The summed E-state index contributed by atoms with van der Waals surface area (Å²) < 4.78 is 5.41. The van der Waals surface area contributed by atoms with Crippen molar-refractivity contribution in [1.82, 2.24) is 15.1 Å². The molecule has 4 aliphatic rings. The van der Waals surface area contributed by atoms with Crippen molar-refractivity contribution in [2.24, 2.45) is 5.92 Å². The number of carbonyl (C=O) groups is 3. The van der Waals surface area contributed by atoms with Gasteiger partial charge in [-0.15, -0.1) is 0 Å². The number of likely N-dealkylation sites (tertiary alicyclic amines) is 1. The molecule has 3 aliphatic heterocycles. The zero-order chi connectivity index (χ0) is 27.9. The first-order valence-corrected chi connectivity index (χ1v) is 14.1. The Labute approximate surface area is 230 Å². The van der Waals surface area contributed by atoms with Crippen LogP contribution in [0.4, 0.5) is 4.79 Å². The van der Waals surface area contributed by atoms with Crippen molar-refractivity contribution in [3.63, 3.8) is 0 Å². The number of nitrogens with zero attached hydrogens (tertiary/aromatic N) is 4. The molecule has 1 spiro atoms. The maximum Gasteiger partial charge on any atom is 0.408 e. The standard InChI is InChI=1S/C30H37N5O4/c1-29(2,3)39-28(38)33-24-10-5-4-9-21-11-12-25(35(21)26(24)36)27(37)34-18-22(23(17-32)30(34)13-14-30)20-8-6-7-19(15-20)16-31/h6-8,15,21-25H,4-5,9-14,18H2,1-3H3,(H,33,38)/t21-,22+,23+,24-,25-/m0/s1. The first-order valence-electron chi connectivity index (χ1n) is 14.1. The molecule has 4 fully saturated rings. The summed E-state index contributed by atoms with van der Waals surface area (Å²) in [4.78, 5) is 44.3. The topological polar surface area (TPSA) is 127 Å². The van der Waals surface area contributed by atoms with E-state index in [1.54, 1.807) is 31.7 Å². The van der Waals surface area contributed by atoms with Crippen LogP contribution in [0.1, 0.15) is 89.2 Å². The first kappa shape index (κ1) is 27.0. The van der Waals surface area contributed by atoms with Gasteiger partial charge in [-0.05, 0) is 77.0 Å². The lowest BCUT2D eigenvalue weighted by atomic mass is 9.84. The number of carbonyl (C=O) groups excluding carboxylic acids is 3. The van der Waals surface area contributed by atoms with Crippen molar-refractivity contribution in [2.75, 3.05) is 6.54 Å². The smallest absolute Gasteiger partial charge is 0.408 e. The number of hydrogen-bond acceptors (Lipinski definition) is 6. The summed E-state index contributed by atoms with van der Waals surface area (Å²) >= 11 is 0. The van der Waals surface area contributed by atoms with Crippen molar-refractivity contribution in [3.8, 4) is 12.1 Å². The summed E-state index contributed by atoms with van der Waals surface area (Å²) in [6, 6.07) is 10.6. The van der Waals surface area contributed by atoms with Gasteiger partial charge in [0.15, 0.2) is 0 Å². The Morgan fingerprint density at radius 3 is 2.51 bits per heavy atom. The number of ether oxygens (including phenoxy) is 1. The van der Waals surface area contributed by atoms with Crippen LogP contribution in [0.5, 0.6) is 0 Å². The van der Waals surface area contributed by atoms with Gasteiger partial charge in [0.25, 0.3) is 0 Å². The molecule has 206 valence electrons. The molecule has 3 saturated heterocycles. The van der Waals surface area contributed by atoms with Crippen LogP contribution in [0.25, 0.3) is 0 Å². The Kier molecular flexibility index (Phi) is 7.05.